The van der Waals surface area contributed by atoms with Crippen molar-refractivity contribution in [3.8, 4) is 0 Å². The monoisotopic (exact) mass is 360 g/mol. The van der Waals surface area contributed by atoms with Gasteiger partial charge in [-0.15, -0.1) is 0 Å². The number of halogens is 2. The number of fused-ring (bicyclic) bond motifs is 1. The Morgan fingerprint density at radius 2 is 1.62 bits per heavy atom. The summed E-state index contributed by atoms with van der Waals surface area (Å²) in [5.74, 6) is 0. The molecule has 0 amide bonds. The van der Waals surface area contributed by atoms with Crippen LogP contribution in [-0.4, -0.2) is 5.11 Å². The lowest BCUT2D eigenvalue weighted by molar-refractivity contribution is 0.222. The average molecular weight is 362 g/mol. The summed E-state index contributed by atoms with van der Waals surface area (Å²) in [5.41, 5.74) is 2.78. The van der Waals surface area contributed by atoms with E-state index in [-0.39, 0.29) is 0 Å². The van der Waals surface area contributed by atoms with Gasteiger partial charge in [-0.05, 0) is 50.8 Å². The number of benzene rings is 3. The summed E-state index contributed by atoms with van der Waals surface area (Å²) in [6.07, 6.45) is -0.750. The first-order valence-electron chi connectivity index (χ1n) is 6.70. The third-order valence-electron chi connectivity index (χ3n) is 3.75. The van der Waals surface area contributed by atoms with Crippen LogP contribution in [-0.2, 0) is 0 Å². The molecule has 3 aromatic rings. The van der Waals surface area contributed by atoms with Gasteiger partial charge in [0, 0.05) is 10.0 Å². The van der Waals surface area contributed by atoms with E-state index in [1.54, 1.807) is 0 Å². The quantitative estimate of drug-likeness (QED) is 0.625. The number of rotatable bonds is 2. The average Bonchev–Trinajstić information content (AvgIpc) is 2.50. The van der Waals surface area contributed by atoms with Gasteiger partial charge < -0.3 is 5.11 Å². The van der Waals surface area contributed by atoms with Crippen LogP contribution in [0.4, 0.5) is 0 Å². The van der Waals surface area contributed by atoms with E-state index in [2.05, 4.69) is 28.9 Å². The zero-order chi connectivity index (χ0) is 15.0. The molecule has 1 nitrogen and oxygen atoms in total. The minimum Gasteiger partial charge on any atom is -0.384 e. The molecular weight excluding hydrogens is 348 g/mol. The predicted molar refractivity (Wildman–Crippen MR) is 91.9 cm³/mol. The van der Waals surface area contributed by atoms with Crippen LogP contribution in [0.25, 0.3) is 10.8 Å². The Kier molecular flexibility index (Phi) is 4.03. The largest absolute Gasteiger partial charge is 0.384 e. The van der Waals surface area contributed by atoms with Gasteiger partial charge in [0.05, 0.1) is 5.02 Å². The van der Waals surface area contributed by atoms with E-state index in [9.17, 15) is 5.11 Å². The van der Waals surface area contributed by atoms with E-state index in [0.717, 1.165) is 20.8 Å². The van der Waals surface area contributed by atoms with Crippen molar-refractivity contribution in [1.82, 2.24) is 0 Å². The summed E-state index contributed by atoms with van der Waals surface area (Å²) in [7, 11) is 0. The highest BCUT2D eigenvalue weighted by atomic mass is 79.9. The van der Waals surface area contributed by atoms with E-state index in [0.29, 0.717) is 10.6 Å². The molecule has 0 bridgehead atoms. The molecule has 1 atom stereocenters. The highest BCUT2D eigenvalue weighted by Gasteiger charge is 2.18. The minimum absolute atomic E-state index is 0.551. The van der Waals surface area contributed by atoms with Crippen LogP contribution in [0.1, 0.15) is 22.8 Å². The smallest absolute Gasteiger partial charge is 0.106 e. The van der Waals surface area contributed by atoms with E-state index < -0.39 is 6.10 Å². The summed E-state index contributed by atoms with van der Waals surface area (Å²) in [6, 6.07) is 17.7. The molecule has 0 heterocycles. The molecule has 0 fully saturated rings. The summed E-state index contributed by atoms with van der Waals surface area (Å²) < 4.78 is 0.789. The topological polar surface area (TPSA) is 20.2 Å². The molecule has 21 heavy (non-hydrogen) atoms. The van der Waals surface area contributed by atoms with Crippen LogP contribution in [0, 0.1) is 6.92 Å². The molecular formula is C18H14BrClO. The fourth-order valence-corrected chi connectivity index (χ4v) is 3.22. The van der Waals surface area contributed by atoms with Crippen molar-refractivity contribution < 1.29 is 5.11 Å². The van der Waals surface area contributed by atoms with Gasteiger partial charge in [0.2, 0.25) is 0 Å². The van der Waals surface area contributed by atoms with Gasteiger partial charge in [-0.25, -0.2) is 0 Å². The molecule has 3 aromatic carbocycles. The maximum Gasteiger partial charge on any atom is 0.106 e. The normalized spacial score (nSPS) is 12.6. The fraction of sp³-hybridized carbons (Fsp3) is 0.111. The third kappa shape index (κ3) is 2.59. The Morgan fingerprint density at radius 3 is 2.38 bits per heavy atom. The van der Waals surface area contributed by atoms with Gasteiger partial charge in [0.25, 0.3) is 0 Å². The molecule has 0 aliphatic rings. The Hall–Kier alpha value is -1.35. The van der Waals surface area contributed by atoms with E-state index >= 15 is 0 Å². The van der Waals surface area contributed by atoms with Gasteiger partial charge in [0.15, 0.2) is 0 Å². The molecule has 0 saturated carbocycles. The standard InChI is InChI=1S/C18H14BrClO/c1-11-9-10-14(13-6-3-2-5-12(11)13)18(21)15-7-4-8-16(19)17(15)20/h2-10,18,21H,1H3. The lowest BCUT2D eigenvalue weighted by atomic mass is 9.94. The van der Waals surface area contributed by atoms with Crippen molar-refractivity contribution in [3.05, 3.63) is 80.8 Å². The number of hydrogen-bond acceptors (Lipinski definition) is 1. The van der Waals surface area contributed by atoms with Crippen molar-refractivity contribution in [1.29, 1.82) is 0 Å². The Morgan fingerprint density at radius 1 is 0.905 bits per heavy atom. The molecule has 0 aromatic heterocycles. The van der Waals surface area contributed by atoms with E-state index in [1.165, 1.54) is 5.56 Å². The van der Waals surface area contributed by atoms with Crippen LogP contribution < -0.4 is 0 Å². The Bertz CT molecular complexity index is 813. The van der Waals surface area contributed by atoms with Crippen molar-refractivity contribution in [2.45, 2.75) is 13.0 Å². The van der Waals surface area contributed by atoms with Crippen molar-refractivity contribution in [3.63, 3.8) is 0 Å². The summed E-state index contributed by atoms with van der Waals surface area (Å²) in [5, 5.41) is 13.5. The predicted octanol–water partition coefficient (Wildman–Crippen LogP) is 5.65. The molecule has 0 radical (unpaired) electrons. The second-order valence-electron chi connectivity index (χ2n) is 5.06. The highest BCUT2D eigenvalue weighted by molar-refractivity contribution is 9.10. The number of aryl methyl sites for hydroxylation is 1. The molecule has 3 rings (SSSR count). The van der Waals surface area contributed by atoms with Crippen LogP contribution in [0.15, 0.2) is 59.1 Å². The van der Waals surface area contributed by atoms with Gasteiger partial charge in [-0.1, -0.05) is 60.1 Å². The van der Waals surface area contributed by atoms with Crippen LogP contribution in [0.5, 0.6) is 0 Å². The van der Waals surface area contributed by atoms with E-state index in [4.69, 9.17) is 11.6 Å². The lowest BCUT2D eigenvalue weighted by Gasteiger charge is -2.17. The van der Waals surface area contributed by atoms with Gasteiger partial charge >= 0.3 is 0 Å². The first-order valence-corrected chi connectivity index (χ1v) is 7.87. The Labute approximate surface area is 137 Å². The SMILES string of the molecule is Cc1ccc(C(O)c2cccc(Br)c2Cl)c2ccccc12. The molecule has 0 aliphatic heterocycles. The summed E-state index contributed by atoms with van der Waals surface area (Å²) in [4.78, 5) is 0. The first kappa shape index (κ1) is 14.6. The molecule has 0 spiro atoms. The number of hydrogen-bond donors (Lipinski definition) is 1. The highest BCUT2D eigenvalue weighted by Crippen LogP contribution is 2.36. The second kappa shape index (κ2) is 5.80. The van der Waals surface area contributed by atoms with Gasteiger partial charge in [0.1, 0.15) is 6.10 Å². The van der Waals surface area contributed by atoms with Gasteiger partial charge in [-0.3, -0.25) is 0 Å². The third-order valence-corrected chi connectivity index (χ3v) is 5.06. The Balaban J connectivity index is 2.21. The zero-order valence-electron chi connectivity index (χ0n) is 11.5. The number of aliphatic hydroxyl groups excluding tert-OH is 1. The second-order valence-corrected chi connectivity index (χ2v) is 6.30. The van der Waals surface area contributed by atoms with Crippen molar-refractivity contribution in [2.75, 3.05) is 0 Å². The van der Waals surface area contributed by atoms with Gasteiger partial charge in [-0.2, -0.15) is 0 Å². The molecule has 0 saturated heterocycles. The molecule has 106 valence electrons. The zero-order valence-corrected chi connectivity index (χ0v) is 13.8. The molecule has 1 N–H and O–H groups in total. The molecule has 3 heteroatoms. The minimum atomic E-state index is -0.750. The van der Waals surface area contributed by atoms with Crippen LogP contribution in [0.3, 0.4) is 0 Å². The van der Waals surface area contributed by atoms with Crippen LogP contribution in [0.2, 0.25) is 5.02 Å². The molecule has 1 unspecified atom stereocenters. The number of aliphatic hydroxyl groups is 1. The maximum absolute atomic E-state index is 10.8. The fourth-order valence-electron chi connectivity index (χ4n) is 2.61. The first-order chi connectivity index (χ1) is 10.1. The lowest BCUT2D eigenvalue weighted by Crippen LogP contribution is -2.02. The maximum atomic E-state index is 10.8. The van der Waals surface area contributed by atoms with Crippen molar-refractivity contribution >= 4 is 38.3 Å². The summed E-state index contributed by atoms with van der Waals surface area (Å²) >= 11 is 9.72. The summed E-state index contributed by atoms with van der Waals surface area (Å²) in [6.45, 7) is 2.07. The van der Waals surface area contributed by atoms with Crippen LogP contribution >= 0.6 is 27.5 Å². The molecule has 0 aliphatic carbocycles. The van der Waals surface area contributed by atoms with Crippen molar-refractivity contribution in [2.24, 2.45) is 0 Å². The van der Waals surface area contributed by atoms with E-state index in [1.807, 2.05) is 48.5 Å².